The Labute approximate surface area is 95.7 Å². The van der Waals surface area contributed by atoms with Crippen molar-refractivity contribution < 1.29 is 0 Å². The van der Waals surface area contributed by atoms with Crippen LogP contribution in [0, 0.1) is 17.8 Å². The van der Waals surface area contributed by atoms with Gasteiger partial charge < -0.3 is 0 Å². The second-order valence-corrected chi connectivity index (χ2v) is 7.12. The van der Waals surface area contributed by atoms with Crippen LogP contribution >= 0.6 is 11.3 Å². The molecule has 15 heavy (non-hydrogen) atoms. The summed E-state index contributed by atoms with van der Waals surface area (Å²) >= 11 is 2.01. The highest BCUT2D eigenvalue weighted by Crippen LogP contribution is 2.61. The molecule has 80 valence electrons. The number of hydrogen-bond donors (Lipinski definition) is 0. The lowest BCUT2D eigenvalue weighted by molar-refractivity contribution is -0.00346. The average Bonchev–Trinajstić information content (AvgIpc) is 2.67. The van der Waals surface area contributed by atoms with Crippen molar-refractivity contribution in [2.75, 3.05) is 0 Å². The number of thiophene rings is 1. The van der Waals surface area contributed by atoms with Gasteiger partial charge in [0.05, 0.1) is 0 Å². The van der Waals surface area contributed by atoms with Crippen LogP contribution in [-0.4, -0.2) is 0 Å². The molecule has 0 spiro atoms. The minimum atomic E-state index is 0.642. The molecule has 0 amide bonds. The van der Waals surface area contributed by atoms with Gasteiger partial charge in [0, 0.05) is 10.3 Å². The van der Waals surface area contributed by atoms with E-state index in [0.717, 1.165) is 17.8 Å². The molecule has 4 aliphatic rings. The summed E-state index contributed by atoms with van der Waals surface area (Å²) in [6, 6.07) is 4.65. The fraction of sp³-hybridized carbons (Fsp3) is 0.714. The van der Waals surface area contributed by atoms with E-state index in [9.17, 15) is 0 Å². The van der Waals surface area contributed by atoms with E-state index < -0.39 is 0 Å². The third kappa shape index (κ3) is 1.19. The molecule has 0 N–H and O–H groups in total. The monoisotopic (exact) mass is 218 g/mol. The Hall–Kier alpha value is -0.300. The fourth-order valence-electron chi connectivity index (χ4n) is 4.99. The lowest BCUT2D eigenvalue weighted by Gasteiger charge is -2.56. The van der Waals surface area contributed by atoms with Gasteiger partial charge in [0.2, 0.25) is 0 Å². The molecule has 0 saturated heterocycles. The van der Waals surface area contributed by atoms with Crippen molar-refractivity contribution in [3.05, 3.63) is 22.4 Å². The SMILES string of the molecule is c1csc(C23CC4CC(CC(C4)C2)C3)c1. The van der Waals surface area contributed by atoms with Crippen LogP contribution in [-0.2, 0) is 5.41 Å². The molecule has 4 bridgehead atoms. The maximum Gasteiger partial charge on any atom is 0.0107 e. The smallest absolute Gasteiger partial charge is 0.0107 e. The summed E-state index contributed by atoms with van der Waals surface area (Å²) in [7, 11) is 0. The molecule has 0 nitrogen and oxygen atoms in total. The van der Waals surface area contributed by atoms with Crippen molar-refractivity contribution in [3.63, 3.8) is 0 Å². The van der Waals surface area contributed by atoms with Crippen LogP contribution in [0.5, 0.6) is 0 Å². The summed E-state index contributed by atoms with van der Waals surface area (Å²) < 4.78 is 0. The van der Waals surface area contributed by atoms with Crippen molar-refractivity contribution in [1.82, 2.24) is 0 Å². The maximum atomic E-state index is 2.40. The molecular weight excluding hydrogens is 200 g/mol. The second kappa shape index (κ2) is 2.88. The van der Waals surface area contributed by atoms with E-state index in [1.807, 2.05) is 11.3 Å². The molecule has 0 atom stereocenters. The topological polar surface area (TPSA) is 0 Å². The maximum absolute atomic E-state index is 2.40. The Bertz CT molecular complexity index is 327. The molecule has 0 radical (unpaired) electrons. The molecule has 5 rings (SSSR count). The zero-order valence-corrected chi connectivity index (χ0v) is 9.93. The fourth-order valence-corrected chi connectivity index (χ4v) is 5.95. The lowest BCUT2D eigenvalue weighted by atomic mass is 9.49. The van der Waals surface area contributed by atoms with Crippen LogP contribution in [0.4, 0.5) is 0 Å². The van der Waals surface area contributed by atoms with E-state index in [-0.39, 0.29) is 0 Å². The Morgan fingerprint density at radius 2 is 1.60 bits per heavy atom. The minimum Gasteiger partial charge on any atom is -0.148 e. The molecule has 0 aliphatic heterocycles. The van der Waals surface area contributed by atoms with Gasteiger partial charge in [-0.25, -0.2) is 0 Å². The van der Waals surface area contributed by atoms with Crippen LogP contribution in [0.2, 0.25) is 0 Å². The molecule has 4 aliphatic carbocycles. The summed E-state index contributed by atoms with van der Waals surface area (Å²) in [6.07, 6.45) is 9.22. The first-order valence-corrected chi connectivity index (χ1v) is 7.26. The summed E-state index contributed by atoms with van der Waals surface area (Å²) in [4.78, 5) is 1.71. The number of rotatable bonds is 1. The Kier molecular flexibility index (Phi) is 1.69. The van der Waals surface area contributed by atoms with Crippen molar-refractivity contribution in [1.29, 1.82) is 0 Å². The molecule has 1 aromatic rings. The van der Waals surface area contributed by atoms with Gasteiger partial charge in [-0.1, -0.05) is 6.07 Å². The van der Waals surface area contributed by atoms with E-state index in [0.29, 0.717) is 5.41 Å². The Balaban J connectivity index is 1.77. The first kappa shape index (κ1) is 8.81. The zero-order chi connectivity index (χ0) is 9.88. The predicted molar refractivity (Wildman–Crippen MR) is 64.2 cm³/mol. The predicted octanol–water partition coefficient (Wildman–Crippen LogP) is 4.22. The molecule has 1 heterocycles. The molecule has 1 aromatic heterocycles. The van der Waals surface area contributed by atoms with Crippen molar-refractivity contribution >= 4 is 11.3 Å². The van der Waals surface area contributed by atoms with Gasteiger partial charge in [-0.2, -0.15) is 0 Å². The van der Waals surface area contributed by atoms with Crippen molar-refractivity contribution in [3.8, 4) is 0 Å². The molecule has 1 heteroatoms. The summed E-state index contributed by atoms with van der Waals surface area (Å²) in [5.41, 5.74) is 0.642. The lowest BCUT2D eigenvalue weighted by Crippen LogP contribution is -2.48. The first-order chi connectivity index (χ1) is 7.34. The molecule has 0 unspecified atom stereocenters. The summed E-state index contributed by atoms with van der Waals surface area (Å²) in [6.45, 7) is 0. The van der Waals surface area contributed by atoms with Gasteiger partial charge in [-0.3, -0.25) is 0 Å². The van der Waals surface area contributed by atoms with Gasteiger partial charge in [0.1, 0.15) is 0 Å². The third-order valence-corrected chi connectivity index (χ3v) is 6.20. The van der Waals surface area contributed by atoms with E-state index >= 15 is 0 Å². The average molecular weight is 218 g/mol. The molecule has 4 fully saturated rings. The molecule has 0 aromatic carbocycles. The van der Waals surface area contributed by atoms with Gasteiger partial charge in [0.25, 0.3) is 0 Å². The van der Waals surface area contributed by atoms with Crippen molar-refractivity contribution in [2.45, 2.75) is 43.9 Å². The normalized spacial score (nSPS) is 47.3. The van der Waals surface area contributed by atoms with E-state index in [1.54, 1.807) is 24.1 Å². The summed E-state index contributed by atoms with van der Waals surface area (Å²) in [5.74, 6) is 3.25. The third-order valence-electron chi connectivity index (χ3n) is 5.08. The van der Waals surface area contributed by atoms with Crippen LogP contribution in [0.3, 0.4) is 0 Å². The quantitative estimate of drug-likeness (QED) is 0.662. The van der Waals surface area contributed by atoms with E-state index in [1.165, 1.54) is 19.3 Å². The highest BCUT2D eigenvalue weighted by atomic mass is 32.1. The Morgan fingerprint density at radius 3 is 2.07 bits per heavy atom. The second-order valence-electron chi connectivity index (χ2n) is 6.18. The van der Waals surface area contributed by atoms with E-state index in [2.05, 4.69) is 17.5 Å². The van der Waals surface area contributed by atoms with Crippen LogP contribution in [0.25, 0.3) is 0 Å². The number of hydrogen-bond acceptors (Lipinski definition) is 1. The van der Waals surface area contributed by atoms with E-state index in [4.69, 9.17) is 0 Å². The van der Waals surface area contributed by atoms with Gasteiger partial charge in [0.15, 0.2) is 0 Å². The largest absolute Gasteiger partial charge is 0.148 e. The van der Waals surface area contributed by atoms with Gasteiger partial charge in [-0.15, -0.1) is 11.3 Å². The standard InChI is InChI=1S/C14H18S/c1-2-13(15-3-1)14-7-10-4-11(8-14)6-12(5-10)9-14/h1-3,10-12H,4-9H2. The van der Waals surface area contributed by atoms with Gasteiger partial charge in [-0.05, 0) is 67.7 Å². The first-order valence-electron chi connectivity index (χ1n) is 6.38. The van der Waals surface area contributed by atoms with Crippen molar-refractivity contribution in [2.24, 2.45) is 17.8 Å². The van der Waals surface area contributed by atoms with Crippen LogP contribution in [0.1, 0.15) is 43.4 Å². The highest BCUT2D eigenvalue weighted by Gasteiger charge is 2.51. The highest BCUT2D eigenvalue weighted by molar-refractivity contribution is 7.10. The molecular formula is C14H18S. The van der Waals surface area contributed by atoms with Crippen LogP contribution < -0.4 is 0 Å². The molecule has 4 saturated carbocycles. The Morgan fingerprint density at radius 1 is 1.00 bits per heavy atom. The minimum absolute atomic E-state index is 0.642. The van der Waals surface area contributed by atoms with Gasteiger partial charge >= 0.3 is 0 Å². The zero-order valence-electron chi connectivity index (χ0n) is 9.11. The van der Waals surface area contributed by atoms with Crippen LogP contribution in [0.15, 0.2) is 17.5 Å². The summed E-state index contributed by atoms with van der Waals surface area (Å²) in [5, 5.41) is 2.27.